The largest absolute Gasteiger partial charge is 0.478 e. The number of Topliss-reactive ketones (excluding diaryl/α,β-unsaturated/α-hetero) is 1. The zero-order chi connectivity index (χ0) is 20.9. The first-order chi connectivity index (χ1) is 13.6. The molecule has 0 radical (unpaired) electrons. The number of carboxylic acid groups (broad SMARTS) is 1. The highest BCUT2D eigenvalue weighted by molar-refractivity contribution is 6.19. The van der Waals surface area contributed by atoms with E-state index in [1.807, 2.05) is 0 Å². The van der Waals surface area contributed by atoms with Gasteiger partial charge in [0.2, 0.25) is 5.79 Å². The van der Waals surface area contributed by atoms with Gasteiger partial charge in [0.25, 0.3) is 0 Å². The smallest absolute Gasteiger partial charge is 0.340 e. The Balaban J connectivity index is 1.66. The van der Waals surface area contributed by atoms with E-state index in [9.17, 15) is 14.7 Å². The van der Waals surface area contributed by atoms with Gasteiger partial charge in [-0.15, -0.1) is 0 Å². The Hall–Kier alpha value is -2.26. The molecular formula is C20H24F2N4O3. The van der Waals surface area contributed by atoms with Crippen LogP contribution in [0.1, 0.15) is 32.6 Å². The van der Waals surface area contributed by atoms with Gasteiger partial charge >= 0.3 is 5.97 Å². The van der Waals surface area contributed by atoms with Gasteiger partial charge < -0.3 is 21.5 Å². The van der Waals surface area contributed by atoms with E-state index in [1.165, 1.54) is 18.0 Å². The highest BCUT2D eigenvalue weighted by Gasteiger charge is 2.62. The Morgan fingerprint density at radius 1 is 1.34 bits per heavy atom. The maximum atomic E-state index is 16.5. The van der Waals surface area contributed by atoms with E-state index in [4.69, 9.17) is 11.5 Å². The molecule has 9 heteroatoms. The summed E-state index contributed by atoms with van der Waals surface area (Å²) in [6, 6.07) is -0.288. The summed E-state index contributed by atoms with van der Waals surface area (Å²) in [5.41, 5.74) is 11.4. The number of likely N-dealkylation sites (tertiary alicyclic amines) is 1. The fourth-order valence-electron chi connectivity index (χ4n) is 5.16. The summed E-state index contributed by atoms with van der Waals surface area (Å²) in [6.07, 6.45) is 4.59. The molecule has 0 bridgehead atoms. The molecule has 1 spiro atoms. The topological polar surface area (TPSA) is 113 Å². The second-order valence-electron chi connectivity index (χ2n) is 9.03. The molecule has 156 valence electrons. The minimum atomic E-state index is -2.58. The molecule has 3 fully saturated rings. The Morgan fingerprint density at radius 3 is 2.52 bits per heavy atom. The van der Waals surface area contributed by atoms with Crippen molar-refractivity contribution >= 4 is 11.8 Å². The maximum absolute atomic E-state index is 16.5. The van der Waals surface area contributed by atoms with Gasteiger partial charge in [-0.2, -0.15) is 0 Å². The molecule has 2 aliphatic heterocycles. The highest BCUT2D eigenvalue weighted by atomic mass is 19.2. The SMILES string of the molecule is CC1=C2C(C(=O)C(C(=O)O)=CN2C2CC2)C(N)=C(F)C1(F)N1C[C@@H](N)C2(CC2)C1. The maximum Gasteiger partial charge on any atom is 0.340 e. The van der Waals surface area contributed by atoms with Gasteiger partial charge in [0.05, 0.1) is 5.70 Å². The van der Waals surface area contributed by atoms with Gasteiger partial charge in [0.15, 0.2) is 11.6 Å². The van der Waals surface area contributed by atoms with E-state index in [-0.39, 0.29) is 35.3 Å². The fraction of sp³-hybridized carbons (Fsp3) is 0.600. The number of nitrogens with zero attached hydrogens (tertiary/aromatic N) is 2. The van der Waals surface area contributed by atoms with Crippen LogP contribution < -0.4 is 11.5 Å². The van der Waals surface area contributed by atoms with E-state index in [2.05, 4.69) is 0 Å². The number of nitrogens with two attached hydrogens (primary N) is 2. The number of carbonyl (C=O) groups excluding carboxylic acids is 1. The molecule has 5 rings (SSSR count). The lowest BCUT2D eigenvalue weighted by Gasteiger charge is -2.45. The average molecular weight is 406 g/mol. The molecule has 29 heavy (non-hydrogen) atoms. The van der Waals surface area contributed by atoms with Crippen molar-refractivity contribution in [3.63, 3.8) is 0 Å². The van der Waals surface area contributed by atoms with Crippen LogP contribution in [-0.2, 0) is 9.59 Å². The van der Waals surface area contributed by atoms with Crippen LogP contribution in [0, 0.1) is 11.3 Å². The summed E-state index contributed by atoms with van der Waals surface area (Å²) in [6.45, 7) is 1.99. The van der Waals surface area contributed by atoms with Crippen LogP contribution in [0.25, 0.3) is 0 Å². The second kappa shape index (κ2) is 5.66. The monoisotopic (exact) mass is 406 g/mol. The predicted molar refractivity (Wildman–Crippen MR) is 99.2 cm³/mol. The van der Waals surface area contributed by atoms with Crippen molar-refractivity contribution < 1.29 is 23.5 Å². The minimum Gasteiger partial charge on any atom is -0.478 e. The predicted octanol–water partition coefficient (Wildman–Crippen LogP) is 1.13. The number of carbonyl (C=O) groups is 2. The molecule has 2 unspecified atom stereocenters. The Bertz CT molecular complexity index is 934. The molecule has 0 aromatic rings. The fourth-order valence-corrected chi connectivity index (χ4v) is 5.16. The second-order valence-corrected chi connectivity index (χ2v) is 9.03. The van der Waals surface area contributed by atoms with Crippen molar-refractivity contribution in [1.82, 2.24) is 9.80 Å². The molecule has 2 saturated carbocycles. The van der Waals surface area contributed by atoms with Gasteiger partial charge in [0.1, 0.15) is 11.5 Å². The third-order valence-electron chi connectivity index (χ3n) is 7.29. The summed E-state index contributed by atoms with van der Waals surface area (Å²) >= 11 is 0. The molecule has 2 heterocycles. The number of ketones is 1. The van der Waals surface area contributed by atoms with Crippen LogP contribution in [0.4, 0.5) is 8.78 Å². The molecule has 7 nitrogen and oxygen atoms in total. The van der Waals surface area contributed by atoms with Crippen molar-refractivity contribution in [3.8, 4) is 0 Å². The van der Waals surface area contributed by atoms with Crippen LogP contribution in [-0.4, -0.2) is 57.6 Å². The molecule has 1 saturated heterocycles. The van der Waals surface area contributed by atoms with Crippen molar-refractivity contribution in [3.05, 3.63) is 34.6 Å². The quantitative estimate of drug-likeness (QED) is 0.476. The first kappa shape index (κ1) is 18.7. The zero-order valence-electron chi connectivity index (χ0n) is 16.1. The number of hydrogen-bond acceptors (Lipinski definition) is 6. The summed E-state index contributed by atoms with van der Waals surface area (Å²) in [5, 5.41) is 9.43. The Morgan fingerprint density at radius 2 is 2.00 bits per heavy atom. The average Bonchev–Trinajstić information content (AvgIpc) is 3.57. The first-order valence-electron chi connectivity index (χ1n) is 9.96. The van der Waals surface area contributed by atoms with Gasteiger partial charge in [-0.1, -0.05) is 0 Å². The number of rotatable bonds is 3. The van der Waals surface area contributed by atoms with Crippen molar-refractivity contribution in [2.75, 3.05) is 13.1 Å². The summed E-state index contributed by atoms with van der Waals surface area (Å²) in [7, 11) is 0. The first-order valence-corrected chi connectivity index (χ1v) is 9.96. The molecule has 0 aromatic carbocycles. The minimum absolute atomic E-state index is 0.0429. The molecule has 3 aliphatic carbocycles. The lowest BCUT2D eigenvalue weighted by atomic mass is 9.78. The number of carboxylic acids is 1. The molecule has 5 aliphatic rings. The number of alkyl halides is 1. The van der Waals surface area contributed by atoms with E-state index in [1.54, 1.807) is 4.90 Å². The molecular weight excluding hydrogens is 382 g/mol. The van der Waals surface area contributed by atoms with Crippen molar-refractivity contribution in [2.45, 2.75) is 50.5 Å². The third kappa shape index (κ3) is 2.34. The molecule has 3 atom stereocenters. The van der Waals surface area contributed by atoms with Crippen molar-refractivity contribution in [2.24, 2.45) is 22.8 Å². The van der Waals surface area contributed by atoms with Crippen LogP contribution in [0.3, 0.4) is 0 Å². The molecule has 5 N–H and O–H groups in total. The van der Waals surface area contributed by atoms with E-state index >= 15 is 8.78 Å². The summed E-state index contributed by atoms with van der Waals surface area (Å²) in [5.74, 6) is -7.33. The van der Waals surface area contributed by atoms with Gasteiger partial charge in [-0.3, -0.25) is 9.69 Å². The normalized spacial score (nSPS) is 36.6. The van der Waals surface area contributed by atoms with Crippen LogP contribution in [0.15, 0.2) is 34.6 Å². The van der Waals surface area contributed by atoms with Gasteiger partial charge in [-0.25, -0.2) is 13.6 Å². The molecule has 0 aromatic heterocycles. The highest BCUT2D eigenvalue weighted by Crippen LogP contribution is 2.57. The van der Waals surface area contributed by atoms with E-state index in [0.717, 1.165) is 25.7 Å². The van der Waals surface area contributed by atoms with Crippen LogP contribution >= 0.6 is 0 Å². The summed E-state index contributed by atoms with van der Waals surface area (Å²) in [4.78, 5) is 27.4. The van der Waals surface area contributed by atoms with Crippen LogP contribution in [0.2, 0.25) is 0 Å². The van der Waals surface area contributed by atoms with Gasteiger partial charge in [0, 0.05) is 42.6 Å². The standard InChI is InChI=1S/C20H24F2N4O3/c1-9-15-13(16(27)11(18(28)29)6-26(15)10-2-3-10)14(24)17(21)20(9,22)25-7-12(23)19(8-25)4-5-19/h6,10,12-13H,2-5,7-8,23-24H2,1H3,(H,28,29)/t12-,13?,20?/m1/s1. The number of hydrogen-bond donors (Lipinski definition) is 3. The lowest BCUT2D eigenvalue weighted by Crippen LogP contribution is -2.54. The van der Waals surface area contributed by atoms with E-state index in [0.29, 0.717) is 6.54 Å². The van der Waals surface area contributed by atoms with E-state index < -0.39 is 40.6 Å². The van der Waals surface area contributed by atoms with Gasteiger partial charge in [-0.05, 0) is 38.0 Å². The summed E-state index contributed by atoms with van der Waals surface area (Å²) < 4.78 is 32.0. The third-order valence-corrected chi connectivity index (χ3v) is 7.29. The number of fused-ring (bicyclic) bond motifs is 1. The van der Waals surface area contributed by atoms with Crippen molar-refractivity contribution in [1.29, 1.82) is 0 Å². The van der Waals surface area contributed by atoms with Crippen LogP contribution in [0.5, 0.6) is 0 Å². The Labute approximate surface area is 166 Å². The lowest BCUT2D eigenvalue weighted by molar-refractivity contribution is -0.135. The number of halogens is 2. The molecule has 0 amide bonds. The Kier molecular flexibility index (Phi) is 3.66. The zero-order valence-corrected chi connectivity index (χ0v) is 16.1. The number of aliphatic carboxylic acids is 1.